The van der Waals surface area contributed by atoms with Gasteiger partial charge in [0.15, 0.2) is 5.11 Å². The monoisotopic (exact) mass is 368 g/mol. The van der Waals surface area contributed by atoms with Crippen LogP contribution in [0.5, 0.6) is 0 Å². The van der Waals surface area contributed by atoms with Crippen LogP contribution in [0.4, 0.5) is 5.69 Å². The van der Waals surface area contributed by atoms with Crippen molar-refractivity contribution >= 4 is 56.5 Å². The second kappa shape index (κ2) is 6.83. The smallest absolute Gasteiger partial charge is 0.258 e. The molecule has 0 aromatic heterocycles. The Bertz CT molecular complexity index is 663. The van der Waals surface area contributed by atoms with Crippen molar-refractivity contribution in [2.45, 2.75) is 0 Å². The summed E-state index contributed by atoms with van der Waals surface area (Å²) in [4.78, 5) is 12.0. The summed E-state index contributed by atoms with van der Waals surface area (Å²) in [5.74, 6) is -0.281. The minimum atomic E-state index is -0.281. The number of benzene rings is 2. The van der Waals surface area contributed by atoms with Gasteiger partial charge in [-0.15, -0.1) is 0 Å². The summed E-state index contributed by atoms with van der Waals surface area (Å²) >= 11 is 14.3. The molecule has 0 aliphatic rings. The molecule has 0 fully saturated rings. The first-order valence-electron chi connectivity index (χ1n) is 5.68. The second-order valence-electron chi connectivity index (χ2n) is 3.90. The maximum atomic E-state index is 12.0. The van der Waals surface area contributed by atoms with Crippen LogP contribution < -0.4 is 10.6 Å². The van der Waals surface area contributed by atoms with Crippen molar-refractivity contribution in [2.24, 2.45) is 0 Å². The topological polar surface area (TPSA) is 41.1 Å². The van der Waals surface area contributed by atoms with Gasteiger partial charge in [-0.3, -0.25) is 10.1 Å². The largest absolute Gasteiger partial charge is 0.332 e. The highest BCUT2D eigenvalue weighted by Crippen LogP contribution is 2.16. The van der Waals surface area contributed by atoms with Crippen molar-refractivity contribution in [2.75, 3.05) is 5.32 Å². The van der Waals surface area contributed by atoms with Gasteiger partial charge in [-0.1, -0.05) is 29.8 Å². The molecule has 2 rings (SSSR count). The number of carbonyl (C=O) groups is 1. The first-order valence-corrected chi connectivity index (χ1v) is 7.26. The number of carbonyl (C=O) groups excluding carboxylic acids is 1. The second-order valence-corrected chi connectivity index (χ2v) is 5.60. The lowest BCUT2D eigenvalue weighted by Crippen LogP contribution is -2.34. The van der Waals surface area contributed by atoms with Crippen LogP contribution in [0.1, 0.15) is 10.4 Å². The van der Waals surface area contributed by atoms with Crippen LogP contribution in [0.25, 0.3) is 0 Å². The summed E-state index contributed by atoms with van der Waals surface area (Å²) in [6.45, 7) is 0. The van der Waals surface area contributed by atoms with Crippen molar-refractivity contribution in [1.82, 2.24) is 5.32 Å². The standard InChI is InChI=1S/C14H10BrClN2OS/c15-12-7-2-1-6-11(12)13(19)18-14(20)17-10-5-3-4-9(16)8-10/h1-8H,(H2,17,18,19,20). The maximum Gasteiger partial charge on any atom is 0.258 e. The van der Waals surface area contributed by atoms with Crippen molar-refractivity contribution in [3.63, 3.8) is 0 Å². The van der Waals surface area contributed by atoms with E-state index < -0.39 is 0 Å². The van der Waals surface area contributed by atoms with E-state index in [1.807, 2.05) is 12.1 Å². The Morgan fingerprint density at radius 1 is 1.15 bits per heavy atom. The molecule has 0 spiro atoms. The minimum Gasteiger partial charge on any atom is -0.332 e. The SMILES string of the molecule is O=C(NC(=S)Nc1cccc(Cl)c1)c1ccccc1Br. The first-order chi connectivity index (χ1) is 9.56. The Kier molecular flexibility index (Phi) is 5.11. The average molecular weight is 370 g/mol. The van der Waals surface area contributed by atoms with Crippen molar-refractivity contribution in [1.29, 1.82) is 0 Å². The normalized spacial score (nSPS) is 9.90. The number of hydrogen-bond donors (Lipinski definition) is 2. The Labute approximate surface area is 135 Å². The molecule has 0 radical (unpaired) electrons. The Hall–Kier alpha value is -1.43. The maximum absolute atomic E-state index is 12.0. The highest BCUT2D eigenvalue weighted by molar-refractivity contribution is 9.10. The van der Waals surface area contributed by atoms with E-state index in [4.69, 9.17) is 23.8 Å². The van der Waals surface area contributed by atoms with Crippen LogP contribution in [0.2, 0.25) is 5.02 Å². The zero-order chi connectivity index (χ0) is 14.5. The van der Waals surface area contributed by atoms with E-state index in [0.717, 1.165) is 5.69 Å². The highest BCUT2D eigenvalue weighted by Gasteiger charge is 2.10. The molecule has 0 bridgehead atoms. The predicted octanol–water partition coefficient (Wildman–Crippen LogP) is 4.23. The number of halogens is 2. The van der Waals surface area contributed by atoms with Crippen LogP contribution in [0.15, 0.2) is 53.0 Å². The molecule has 3 nitrogen and oxygen atoms in total. The Morgan fingerprint density at radius 3 is 2.60 bits per heavy atom. The average Bonchev–Trinajstić information content (AvgIpc) is 2.38. The van der Waals surface area contributed by atoms with Crippen molar-refractivity contribution < 1.29 is 4.79 Å². The molecule has 0 unspecified atom stereocenters. The number of amides is 1. The quantitative estimate of drug-likeness (QED) is 0.778. The van der Waals surface area contributed by atoms with E-state index in [-0.39, 0.29) is 11.0 Å². The zero-order valence-corrected chi connectivity index (χ0v) is 13.3. The van der Waals surface area contributed by atoms with Crippen LogP contribution in [-0.4, -0.2) is 11.0 Å². The first kappa shape index (κ1) is 15.0. The van der Waals surface area contributed by atoms with E-state index in [9.17, 15) is 4.79 Å². The number of anilines is 1. The fraction of sp³-hybridized carbons (Fsp3) is 0. The number of nitrogens with one attached hydrogen (secondary N) is 2. The minimum absolute atomic E-state index is 0.216. The molecule has 0 saturated heterocycles. The number of hydrogen-bond acceptors (Lipinski definition) is 2. The van der Waals surface area contributed by atoms with Crippen LogP contribution in [-0.2, 0) is 0 Å². The highest BCUT2D eigenvalue weighted by atomic mass is 79.9. The molecule has 0 aliphatic carbocycles. The van der Waals surface area contributed by atoms with E-state index in [1.165, 1.54) is 0 Å². The van der Waals surface area contributed by atoms with Crippen molar-refractivity contribution in [3.05, 3.63) is 63.6 Å². The molecule has 0 heterocycles. The van der Waals surface area contributed by atoms with Gasteiger partial charge in [-0.2, -0.15) is 0 Å². The number of thiocarbonyl (C=S) groups is 1. The Balaban J connectivity index is 2.02. The molecule has 2 aromatic carbocycles. The third-order valence-corrected chi connectivity index (χ3v) is 3.56. The van der Waals surface area contributed by atoms with Gasteiger partial charge in [0.25, 0.3) is 5.91 Å². The molecule has 2 aromatic rings. The lowest BCUT2D eigenvalue weighted by molar-refractivity contribution is 0.0977. The molecular weight excluding hydrogens is 360 g/mol. The lowest BCUT2D eigenvalue weighted by Gasteiger charge is -2.10. The fourth-order valence-corrected chi connectivity index (χ4v) is 2.41. The summed E-state index contributed by atoms with van der Waals surface area (Å²) in [6.07, 6.45) is 0. The van der Waals surface area contributed by atoms with Gasteiger partial charge in [0, 0.05) is 15.2 Å². The van der Waals surface area contributed by atoms with Crippen LogP contribution >= 0.6 is 39.7 Å². The lowest BCUT2D eigenvalue weighted by atomic mass is 10.2. The van der Waals surface area contributed by atoms with Gasteiger partial charge in [0.2, 0.25) is 0 Å². The zero-order valence-electron chi connectivity index (χ0n) is 10.2. The molecule has 0 atom stereocenters. The Morgan fingerprint density at radius 2 is 1.90 bits per heavy atom. The third-order valence-electron chi connectivity index (χ3n) is 2.43. The van der Waals surface area contributed by atoms with Gasteiger partial charge in [-0.05, 0) is 58.5 Å². The molecule has 0 saturated carbocycles. The van der Waals surface area contributed by atoms with Gasteiger partial charge in [-0.25, -0.2) is 0 Å². The van der Waals surface area contributed by atoms with Crippen molar-refractivity contribution in [3.8, 4) is 0 Å². The summed E-state index contributed by atoms with van der Waals surface area (Å²) in [7, 11) is 0. The van der Waals surface area contributed by atoms with E-state index >= 15 is 0 Å². The fourth-order valence-electron chi connectivity index (χ4n) is 1.54. The molecule has 0 aliphatic heterocycles. The number of rotatable bonds is 2. The third kappa shape index (κ3) is 4.03. The van der Waals surface area contributed by atoms with Crippen LogP contribution in [0.3, 0.4) is 0 Å². The molecular formula is C14H10BrClN2OS. The van der Waals surface area contributed by atoms with E-state index in [0.29, 0.717) is 15.1 Å². The molecule has 20 heavy (non-hydrogen) atoms. The molecule has 2 N–H and O–H groups in total. The van der Waals surface area contributed by atoms with E-state index in [1.54, 1.807) is 36.4 Å². The summed E-state index contributed by atoms with van der Waals surface area (Å²) in [5.41, 5.74) is 1.23. The molecule has 102 valence electrons. The van der Waals surface area contributed by atoms with Gasteiger partial charge < -0.3 is 5.32 Å². The van der Waals surface area contributed by atoms with Gasteiger partial charge in [0.05, 0.1) is 5.56 Å². The predicted molar refractivity (Wildman–Crippen MR) is 89.3 cm³/mol. The van der Waals surface area contributed by atoms with Gasteiger partial charge >= 0.3 is 0 Å². The summed E-state index contributed by atoms with van der Waals surface area (Å²) in [6, 6.07) is 14.2. The summed E-state index contributed by atoms with van der Waals surface area (Å²) < 4.78 is 0.711. The summed E-state index contributed by atoms with van der Waals surface area (Å²) in [5, 5.41) is 6.32. The van der Waals surface area contributed by atoms with Crippen LogP contribution in [0, 0.1) is 0 Å². The van der Waals surface area contributed by atoms with Gasteiger partial charge in [0.1, 0.15) is 0 Å². The van der Waals surface area contributed by atoms with E-state index in [2.05, 4.69) is 26.6 Å². The molecule has 6 heteroatoms. The molecule has 1 amide bonds.